The van der Waals surface area contributed by atoms with Crippen molar-refractivity contribution in [2.45, 2.75) is 25.5 Å². The van der Waals surface area contributed by atoms with Gasteiger partial charge in [0.05, 0.1) is 7.11 Å². The van der Waals surface area contributed by atoms with Crippen molar-refractivity contribution in [3.05, 3.63) is 5.75 Å². The number of thioether (sulfide) groups is 1. The number of rotatable bonds is 2. The third kappa shape index (κ3) is 5.95. The minimum absolute atomic E-state index is 0.0915. The highest BCUT2D eigenvalue weighted by Crippen LogP contribution is 2.25. The van der Waals surface area contributed by atoms with Crippen molar-refractivity contribution in [3.63, 3.8) is 0 Å². The maximum absolute atomic E-state index is 10.6. The van der Waals surface area contributed by atoms with Crippen molar-refractivity contribution in [2.24, 2.45) is 0 Å². The third-order valence-corrected chi connectivity index (χ3v) is 1.73. The second kappa shape index (κ2) is 3.86. The highest BCUT2D eigenvalue weighted by molar-refractivity contribution is 8.03. The Morgan fingerprint density at radius 2 is 2.00 bits per heavy atom. The first-order valence-electron chi connectivity index (χ1n) is 3.04. The molecule has 0 unspecified atom stereocenters. The molecule has 0 amide bonds. The van der Waals surface area contributed by atoms with Crippen LogP contribution in [0.3, 0.4) is 0 Å². The maximum Gasteiger partial charge on any atom is 0.320 e. The fourth-order valence-electron chi connectivity index (χ4n) is 0.273. The maximum atomic E-state index is 10.6. The molecule has 0 aromatic rings. The van der Waals surface area contributed by atoms with Crippen LogP contribution in [0.1, 0.15) is 20.8 Å². The van der Waals surface area contributed by atoms with Gasteiger partial charge in [0.15, 0.2) is 0 Å². The first-order valence-corrected chi connectivity index (χ1v) is 3.92. The average Bonchev–Trinajstić information content (AvgIpc) is 1.81. The van der Waals surface area contributed by atoms with Crippen LogP contribution in [0.2, 0.25) is 0 Å². The van der Waals surface area contributed by atoms with E-state index in [1.165, 1.54) is 24.6 Å². The second-order valence-electron chi connectivity index (χ2n) is 2.87. The van der Waals surface area contributed by atoms with Gasteiger partial charge in [-0.2, -0.15) is 0 Å². The largest absolute Gasteiger partial charge is 0.468 e. The van der Waals surface area contributed by atoms with Gasteiger partial charge in [-0.1, -0.05) is 20.8 Å². The van der Waals surface area contributed by atoms with E-state index < -0.39 is 0 Å². The monoisotopic (exact) mass is 161 g/mol. The zero-order valence-corrected chi connectivity index (χ0v) is 7.62. The predicted molar refractivity (Wildman–Crippen MR) is 43.7 cm³/mol. The molecule has 0 atom stereocenters. The van der Waals surface area contributed by atoms with Crippen LogP contribution in [0.4, 0.5) is 0 Å². The van der Waals surface area contributed by atoms with E-state index in [1.54, 1.807) is 0 Å². The molecule has 59 valence electrons. The standard InChI is InChI=1S/C7H13O2S/c1-7(2,3)10-5-6(8)9-4/h5H,1-4H3. The van der Waals surface area contributed by atoms with Crippen molar-refractivity contribution < 1.29 is 9.53 Å². The molecule has 0 aromatic carbocycles. The number of hydrogen-bond acceptors (Lipinski definition) is 3. The number of methoxy groups -OCH3 is 1. The molecule has 0 heterocycles. The number of carbonyl (C=O) groups is 1. The molecule has 0 bridgehead atoms. The van der Waals surface area contributed by atoms with E-state index in [9.17, 15) is 4.79 Å². The Morgan fingerprint density at radius 3 is 2.30 bits per heavy atom. The summed E-state index contributed by atoms with van der Waals surface area (Å²) in [7, 11) is 1.38. The van der Waals surface area contributed by atoms with Gasteiger partial charge in [-0.25, -0.2) is 0 Å². The Kier molecular flexibility index (Phi) is 3.79. The summed E-state index contributed by atoms with van der Waals surface area (Å²) >= 11 is 1.47. The van der Waals surface area contributed by atoms with E-state index in [-0.39, 0.29) is 10.7 Å². The lowest BCUT2D eigenvalue weighted by atomic mass is 10.3. The zero-order valence-electron chi connectivity index (χ0n) is 6.80. The fourth-order valence-corrected chi connectivity index (χ4v) is 0.819. The third-order valence-electron chi connectivity index (χ3n) is 0.710. The van der Waals surface area contributed by atoms with Gasteiger partial charge in [0.25, 0.3) is 0 Å². The van der Waals surface area contributed by atoms with Gasteiger partial charge in [0, 0.05) is 4.75 Å². The van der Waals surface area contributed by atoms with Crippen LogP contribution in [-0.2, 0) is 9.53 Å². The number of ether oxygens (including phenoxy) is 1. The van der Waals surface area contributed by atoms with E-state index >= 15 is 0 Å². The fraction of sp³-hybridized carbons (Fsp3) is 0.714. The topological polar surface area (TPSA) is 26.3 Å². The molecule has 0 aliphatic heterocycles. The average molecular weight is 161 g/mol. The summed E-state index contributed by atoms with van der Waals surface area (Å²) in [6.45, 7) is 6.12. The molecule has 0 spiro atoms. The van der Waals surface area contributed by atoms with Crippen molar-refractivity contribution in [3.8, 4) is 0 Å². The van der Waals surface area contributed by atoms with Crippen LogP contribution >= 0.6 is 11.8 Å². The van der Waals surface area contributed by atoms with E-state index in [0.717, 1.165) is 0 Å². The Morgan fingerprint density at radius 1 is 1.50 bits per heavy atom. The van der Waals surface area contributed by atoms with E-state index in [4.69, 9.17) is 0 Å². The summed E-state index contributed by atoms with van der Waals surface area (Å²) in [6.07, 6.45) is 0. The lowest BCUT2D eigenvalue weighted by Crippen LogP contribution is -2.10. The summed E-state index contributed by atoms with van der Waals surface area (Å²) in [5, 5.41) is 0. The van der Waals surface area contributed by atoms with Crippen LogP contribution < -0.4 is 0 Å². The Hall–Kier alpha value is -0.180. The first kappa shape index (κ1) is 9.82. The lowest BCUT2D eigenvalue weighted by molar-refractivity contribution is -0.135. The molecule has 0 aromatic heterocycles. The van der Waals surface area contributed by atoms with Crippen molar-refractivity contribution in [1.29, 1.82) is 0 Å². The predicted octanol–water partition coefficient (Wildman–Crippen LogP) is 1.85. The lowest BCUT2D eigenvalue weighted by Gasteiger charge is -2.15. The Balaban J connectivity index is 3.46. The molecule has 0 aliphatic carbocycles. The molecular formula is C7H13O2S. The van der Waals surface area contributed by atoms with E-state index in [1.807, 2.05) is 20.8 Å². The molecule has 0 saturated heterocycles. The minimum atomic E-state index is -0.278. The molecular weight excluding hydrogens is 148 g/mol. The molecule has 0 N–H and O–H groups in total. The Labute approximate surface area is 66.3 Å². The number of esters is 1. The molecule has 1 radical (unpaired) electrons. The number of hydrogen-bond donors (Lipinski definition) is 0. The molecule has 0 fully saturated rings. The van der Waals surface area contributed by atoms with Crippen molar-refractivity contribution in [2.75, 3.05) is 7.11 Å². The van der Waals surface area contributed by atoms with Gasteiger partial charge in [0.2, 0.25) is 0 Å². The van der Waals surface area contributed by atoms with Gasteiger partial charge in [-0.3, -0.25) is 4.79 Å². The zero-order chi connectivity index (χ0) is 8.20. The molecule has 2 nitrogen and oxygen atoms in total. The molecule has 10 heavy (non-hydrogen) atoms. The second-order valence-corrected chi connectivity index (χ2v) is 4.57. The van der Waals surface area contributed by atoms with E-state index in [2.05, 4.69) is 4.74 Å². The van der Waals surface area contributed by atoms with E-state index in [0.29, 0.717) is 0 Å². The van der Waals surface area contributed by atoms with Crippen LogP contribution in [0, 0.1) is 5.75 Å². The molecule has 0 saturated carbocycles. The summed E-state index contributed by atoms with van der Waals surface area (Å²) < 4.78 is 4.52. The SMILES string of the molecule is COC(=O)[CH]SC(C)(C)C. The summed E-state index contributed by atoms with van der Waals surface area (Å²) in [6, 6.07) is 0. The molecule has 3 heteroatoms. The quantitative estimate of drug-likeness (QED) is 0.578. The van der Waals surface area contributed by atoms with Gasteiger partial charge in [-0.05, 0) is 0 Å². The summed E-state index contributed by atoms with van der Waals surface area (Å²) in [5.41, 5.74) is 0. The van der Waals surface area contributed by atoms with Gasteiger partial charge >= 0.3 is 5.97 Å². The van der Waals surface area contributed by atoms with Crippen LogP contribution in [0.5, 0.6) is 0 Å². The summed E-state index contributed by atoms with van der Waals surface area (Å²) in [4.78, 5) is 10.6. The Bertz CT molecular complexity index is 115. The normalized spacial score (nSPS) is 11.2. The smallest absolute Gasteiger partial charge is 0.320 e. The van der Waals surface area contributed by atoms with Crippen LogP contribution in [0.15, 0.2) is 0 Å². The van der Waals surface area contributed by atoms with Gasteiger partial charge < -0.3 is 4.74 Å². The summed E-state index contributed by atoms with van der Waals surface area (Å²) in [5.74, 6) is 1.21. The highest BCUT2D eigenvalue weighted by atomic mass is 32.2. The van der Waals surface area contributed by atoms with Crippen molar-refractivity contribution in [1.82, 2.24) is 0 Å². The first-order chi connectivity index (χ1) is 4.45. The van der Waals surface area contributed by atoms with Crippen LogP contribution in [-0.4, -0.2) is 17.8 Å². The van der Waals surface area contributed by atoms with Gasteiger partial charge in [0.1, 0.15) is 5.75 Å². The van der Waals surface area contributed by atoms with Gasteiger partial charge in [-0.15, -0.1) is 11.8 Å². The number of carbonyl (C=O) groups excluding carboxylic acids is 1. The molecule has 0 aliphatic rings. The minimum Gasteiger partial charge on any atom is -0.468 e. The van der Waals surface area contributed by atoms with Crippen molar-refractivity contribution >= 4 is 17.7 Å². The molecule has 0 rings (SSSR count). The highest BCUT2D eigenvalue weighted by Gasteiger charge is 2.13. The van der Waals surface area contributed by atoms with Crippen LogP contribution in [0.25, 0.3) is 0 Å².